The first-order chi connectivity index (χ1) is 31.5. The van der Waals surface area contributed by atoms with Crippen molar-refractivity contribution in [3.05, 3.63) is 60.4 Å². The molecular weight excluding hydrogens is 857 g/mol. The van der Waals surface area contributed by atoms with E-state index in [0.717, 1.165) is 31.3 Å². The molecule has 0 aromatic rings. The quantitative estimate of drug-likeness (QED) is 0.0529. The Balaban J connectivity index is 3.50. The summed E-state index contributed by atoms with van der Waals surface area (Å²) in [6, 6.07) is -0.551. The summed E-state index contributed by atoms with van der Waals surface area (Å²) in [7, 11) is 8.54. The lowest BCUT2D eigenvalue weighted by Gasteiger charge is -2.35. The maximum Gasteiger partial charge on any atom is 0.331 e. The van der Waals surface area contributed by atoms with Gasteiger partial charge < -0.3 is 43.9 Å². The lowest BCUT2D eigenvalue weighted by Crippen LogP contribution is -2.43. The molecule has 0 saturated carbocycles. The van der Waals surface area contributed by atoms with Crippen LogP contribution >= 0.6 is 0 Å². The second-order valence-corrected chi connectivity index (χ2v) is 19.6. The lowest BCUT2D eigenvalue weighted by molar-refractivity contribution is -0.165. The second kappa shape index (κ2) is 32.2. The van der Waals surface area contributed by atoms with Crippen molar-refractivity contribution in [3.63, 3.8) is 0 Å². The highest BCUT2D eigenvalue weighted by Gasteiger charge is 2.37. The van der Waals surface area contributed by atoms with Crippen molar-refractivity contribution in [2.24, 2.45) is 41.4 Å². The summed E-state index contributed by atoms with van der Waals surface area (Å²) in [5.74, 6) is -3.39. The number of esters is 3. The third kappa shape index (κ3) is 22.5. The Morgan fingerprint density at radius 1 is 0.925 bits per heavy atom. The van der Waals surface area contributed by atoms with E-state index in [2.05, 4.69) is 19.9 Å². The molecule has 384 valence electrons. The number of cyclic esters (lactones) is 1. The summed E-state index contributed by atoms with van der Waals surface area (Å²) in [4.78, 5) is 53.5. The van der Waals surface area contributed by atoms with E-state index in [1.165, 1.54) is 17.9 Å². The summed E-state index contributed by atoms with van der Waals surface area (Å²) in [6.45, 7) is 18.6. The fraction of sp³-hybridized carbons (Fsp3) is 0.736. The third-order valence-corrected chi connectivity index (χ3v) is 13.7. The van der Waals surface area contributed by atoms with Crippen LogP contribution in [0, 0.1) is 41.4 Å². The van der Waals surface area contributed by atoms with Crippen LogP contribution in [0.15, 0.2) is 60.4 Å². The van der Waals surface area contributed by atoms with Crippen LogP contribution in [-0.4, -0.2) is 140 Å². The normalized spacial score (nSPS) is 30.4. The van der Waals surface area contributed by atoms with Gasteiger partial charge in [0, 0.05) is 70.6 Å². The Kier molecular flexibility index (Phi) is 29.5. The van der Waals surface area contributed by atoms with Crippen molar-refractivity contribution in [2.75, 3.05) is 35.4 Å². The zero-order chi connectivity index (χ0) is 51.0. The van der Waals surface area contributed by atoms with E-state index < -0.39 is 72.4 Å². The highest BCUT2D eigenvalue weighted by atomic mass is 16.6. The molecule has 3 N–H and O–H groups in total. The van der Waals surface area contributed by atoms with Gasteiger partial charge in [0.05, 0.1) is 30.5 Å². The zero-order valence-electron chi connectivity index (χ0n) is 43.6. The molecule has 14 nitrogen and oxygen atoms in total. The number of methoxy groups -OCH3 is 2. The molecular formula is C53H90N2O12. The molecule has 1 amide bonds. The van der Waals surface area contributed by atoms with Gasteiger partial charge in [0.25, 0.3) is 0 Å². The molecule has 1 unspecified atom stereocenters. The first-order valence-corrected chi connectivity index (χ1v) is 24.4. The van der Waals surface area contributed by atoms with Crippen molar-refractivity contribution in [1.82, 2.24) is 9.80 Å². The van der Waals surface area contributed by atoms with Crippen LogP contribution in [0.25, 0.3) is 0 Å². The molecule has 0 saturated heterocycles. The van der Waals surface area contributed by atoms with Gasteiger partial charge >= 0.3 is 17.9 Å². The number of aliphatic hydroxyl groups excluding tert-OH is 3. The molecule has 1 aliphatic rings. The number of hydrogen-bond acceptors (Lipinski definition) is 13. The summed E-state index contributed by atoms with van der Waals surface area (Å²) in [5.41, 5.74) is 1.13. The number of carbonyl (C=O) groups is 4. The predicted molar refractivity (Wildman–Crippen MR) is 263 cm³/mol. The van der Waals surface area contributed by atoms with Crippen LogP contribution in [0.3, 0.4) is 0 Å². The number of likely N-dealkylation sites (N-methyl/N-ethyl adjacent to an activating group) is 1. The molecule has 16 atom stereocenters. The molecule has 0 radical (unpaired) electrons. The molecule has 0 aromatic heterocycles. The summed E-state index contributed by atoms with van der Waals surface area (Å²) in [5, 5.41) is 34.0. The van der Waals surface area contributed by atoms with Gasteiger partial charge in [0.1, 0.15) is 24.4 Å². The van der Waals surface area contributed by atoms with Gasteiger partial charge in [-0.15, -0.1) is 0 Å². The van der Waals surface area contributed by atoms with Crippen LogP contribution in [0.2, 0.25) is 0 Å². The maximum atomic E-state index is 13.4. The number of allylic oxidation sites excluding steroid dienone is 3. The Bertz CT molecular complexity index is 1610. The molecule has 0 bridgehead atoms. The largest absolute Gasteiger partial charge is 0.462 e. The van der Waals surface area contributed by atoms with Crippen LogP contribution < -0.4 is 0 Å². The molecule has 0 spiro atoms. The van der Waals surface area contributed by atoms with Crippen LogP contribution in [-0.2, 0) is 42.9 Å². The Hall–Kier alpha value is -3.66. The molecule has 1 heterocycles. The lowest BCUT2D eigenvalue weighted by atomic mass is 9.82. The van der Waals surface area contributed by atoms with Gasteiger partial charge in [-0.3, -0.25) is 19.3 Å². The average molecular weight is 947 g/mol. The SMILES string of the molecule is CO[C@H]1CC[C@@H](C)[C@@H](O)[C@H](C)[C@H](O)C/C=C/C=C/C(=O)O[C@H]([C@@H](C)[C@@H](O)[C@@H](C)CC[C@@H](OC(=O)C(C)N(C)C)[C@H](C)[C@H](OC(C)=O)[C@H](C)/C=C/N(C)C=O)C/C=C/[C@H](OC)C[C@H](C)C/C=C/1C. The fourth-order valence-electron chi connectivity index (χ4n) is 8.43. The van der Waals surface area contributed by atoms with Crippen molar-refractivity contribution in [1.29, 1.82) is 0 Å². The third-order valence-electron chi connectivity index (χ3n) is 13.7. The van der Waals surface area contributed by atoms with E-state index in [0.29, 0.717) is 25.7 Å². The first-order valence-electron chi connectivity index (χ1n) is 24.4. The summed E-state index contributed by atoms with van der Waals surface area (Å²) in [6.07, 6.45) is 15.9. The van der Waals surface area contributed by atoms with Gasteiger partial charge in [-0.05, 0) is 96.2 Å². The molecule has 14 heteroatoms. The fourth-order valence-corrected chi connectivity index (χ4v) is 8.43. The van der Waals surface area contributed by atoms with Crippen molar-refractivity contribution in [2.45, 2.75) is 175 Å². The molecule has 0 fully saturated rings. The number of hydrogen-bond donors (Lipinski definition) is 3. The highest BCUT2D eigenvalue weighted by Crippen LogP contribution is 2.31. The predicted octanol–water partition coefficient (Wildman–Crippen LogP) is 7.61. The Morgan fingerprint density at radius 3 is 2.19 bits per heavy atom. The van der Waals surface area contributed by atoms with E-state index >= 15 is 0 Å². The van der Waals surface area contributed by atoms with Crippen LogP contribution in [0.5, 0.6) is 0 Å². The number of amides is 1. The van der Waals surface area contributed by atoms with Gasteiger partial charge in [0.15, 0.2) is 0 Å². The summed E-state index contributed by atoms with van der Waals surface area (Å²) >= 11 is 0. The molecule has 67 heavy (non-hydrogen) atoms. The van der Waals surface area contributed by atoms with Gasteiger partial charge in [-0.1, -0.05) is 91.0 Å². The van der Waals surface area contributed by atoms with Gasteiger partial charge in [-0.2, -0.15) is 0 Å². The standard InChI is InChI=1S/C53H90N2O12/c1-34-24-25-35(2)46(64-15)28-26-36(3)50(60)39(6)45(58)21-17-16-18-23-49(59)66-47(22-19-20-44(32-34)63-14)40(7)51(61)37(4)27-29-48(67-53(62)42(9)54(11)12)41(8)52(65-43(10)57)38(5)30-31-55(13)33-56/h16-20,23,25,30-31,33-34,36-42,44-48,50-52,58,60-61H,21-22,24,26-29,32H2,1-15H3/b17-16+,20-19+,23-18+,31-30+,35-25+/t34-,36-,37+,38-,39-,40-,41+,42?,44+,45-,46+,47+,48-,50-,51+,52-/m1/s1. The number of aliphatic hydroxyl groups is 3. The molecule has 1 aliphatic heterocycles. The van der Waals surface area contributed by atoms with E-state index in [-0.39, 0.29) is 48.2 Å². The van der Waals surface area contributed by atoms with Crippen LogP contribution in [0.4, 0.5) is 0 Å². The van der Waals surface area contributed by atoms with E-state index in [9.17, 15) is 34.5 Å². The van der Waals surface area contributed by atoms with E-state index in [1.807, 2.05) is 53.7 Å². The van der Waals surface area contributed by atoms with Crippen molar-refractivity contribution < 1.29 is 58.2 Å². The van der Waals surface area contributed by atoms with E-state index in [4.69, 9.17) is 23.7 Å². The van der Waals surface area contributed by atoms with Crippen molar-refractivity contribution >= 4 is 24.3 Å². The number of ether oxygens (including phenoxy) is 5. The maximum absolute atomic E-state index is 13.4. The highest BCUT2D eigenvalue weighted by molar-refractivity contribution is 5.82. The molecule has 0 aromatic carbocycles. The van der Waals surface area contributed by atoms with Crippen molar-refractivity contribution in [3.8, 4) is 0 Å². The smallest absolute Gasteiger partial charge is 0.331 e. The monoisotopic (exact) mass is 947 g/mol. The zero-order valence-corrected chi connectivity index (χ0v) is 43.6. The summed E-state index contributed by atoms with van der Waals surface area (Å²) < 4.78 is 29.8. The average Bonchev–Trinajstić information content (AvgIpc) is 3.29. The van der Waals surface area contributed by atoms with Crippen LogP contribution in [0.1, 0.15) is 121 Å². The first kappa shape index (κ1) is 61.4. The minimum Gasteiger partial charge on any atom is -0.462 e. The second-order valence-electron chi connectivity index (χ2n) is 19.6. The number of carbonyl (C=O) groups excluding carboxylic acids is 4. The van der Waals surface area contributed by atoms with E-state index in [1.54, 1.807) is 77.7 Å². The minimum atomic E-state index is -0.940. The minimum absolute atomic E-state index is 0.0566. The molecule has 1 rings (SSSR count). The topological polar surface area (TPSA) is 182 Å². The number of rotatable bonds is 18. The Labute approximate surface area is 403 Å². The van der Waals surface area contributed by atoms with Gasteiger partial charge in [0.2, 0.25) is 6.41 Å². The van der Waals surface area contributed by atoms with Gasteiger partial charge in [-0.25, -0.2) is 4.79 Å². The Morgan fingerprint density at radius 2 is 1.60 bits per heavy atom. The number of nitrogens with zero attached hydrogens (tertiary/aromatic N) is 2. The molecule has 0 aliphatic carbocycles.